The minimum Gasteiger partial charge on any atom is -0.346 e. The van der Waals surface area contributed by atoms with E-state index in [4.69, 9.17) is 0 Å². The third kappa shape index (κ3) is 2.37. The Morgan fingerprint density at radius 3 is 2.72 bits per heavy atom. The van der Waals surface area contributed by atoms with Crippen LogP contribution in [0.2, 0.25) is 0 Å². The summed E-state index contributed by atoms with van der Waals surface area (Å²) in [6.45, 7) is 6.91. The van der Waals surface area contributed by atoms with Gasteiger partial charge in [0.1, 0.15) is 0 Å². The predicted octanol–water partition coefficient (Wildman–Crippen LogP) is 4.38. The number of thiophene rings is 1. The molecule has 4 fully saturated rings. The van der Waals surface area contributed by atoms with Crippen LogP contribution < -0.4 is 5.32 Å². The maximum Gasteiger partial charge on any atom is 0.261 e. The number of fused-ring (bicyclic) bond motifs is 3. The summed E-state index contributed by atoms with van der Waals surface area (Å²) in [5, 5.41) is 4.66. The summed E-state index contributed by atoms with van der Waals surface area (Å²) in [7, 11) is 0. The second-order valence-electron chi connectivity index (χ2n) is 8.41. The highest BCUT2D eigenvalue weighted by molar-refractivity contribution is 7.21. The molecule has 1 aromatic carbocycles. The molecule has 1 aliphatic carbocycles. The van der Waals surface area contributed by atoms with Gasteiger partial charge in [-0.25, -0.2) is 0 Å². The zero-order valence-corrected chi connectivity index (χ0v) is 15.9. The van der Waals surface area contributed by atoms with Gasteiger partial charge < -0.3 is 5.32 Å². The van der Waals surface area contributed by atoms with Crippen LogP contribution in [0.25, 0.3) is 10.1 Å². The number of piperidine rings is 3. The molecule has 1 spiro atoms. The van der Waals surface area contributed by atoms with Gasteiger partial charge in [0.15, 0.2) is 0 Å². The highest BCUT2D eigenvalue weighted by atomic mass is 32.1. The summed E-state index contributed by atoms with van der Waals surface area (Å²) < 4.78 is 1.28. The molecule has 4 heteroatoms. The van der Waals surface area contributed by atoms with Crippen LogP contribution in [0.5, 0.6) is 0 Å². The molecule has 132 valence electrons. The lowest BCUT2D eigenvalue weighted by Gasteiger charge is -2.52. The lowest BCUT2D eigenvalue weighted by atomic mass is 9.77. The summed E-state index contributed by atoms with van der Waals surface area (Å²) in [6.07, 6.45) is 5.02. The van der Waals surface area contributed by atoms with E-state index in [9.17, 15) is 4.79 Å². The zero-order valence-electron chi connectivity index (χ0n) is 15.0. The van der Waals surface area contributed by atoms with Crippen LogP contribution in [0, 0.1) is 5.92 Å². The minimum atomic E-state index is 0.140. The summed E-state index contributed by atoms with van der Waals surface area (Å²) in [5.74, 6) is 1.30. The lowest BCUT2D eigenvalue weighted by molar-refractivity contribution is -0.00138. The first kappa shape index (κ1) is 15.8. The van der Waals surface area contributed by atoms with Crippen molar-refractivity contribution in [2.75, 3.05) is 13.1 Å². The van der Waals surface area contributed by atoms with Gasteiger partial charge in [-0.15, -0.1) is 11.3 Å². The van der Waals surface area contributed by atoms with Gasteiger partial charge in [-0.05, 0) is 67.6 Å². The van der Waals surface area contributed by atoms with E-state index >= 15 is 0 Å². The van der Waals surface area contributed by atoms with Crippen LogP contribution >= 0.6 is 11.3 Å². The molecule has 1 atom stereocenters. The Hall–Kier alpha value is -1.39. The molecule has 3 saturated heterocycles. The van der Waals surface area contributed by atoms with Gasteiger partial charge in [0.25, 0.3) is 5.91 Å². The monoisotopic (exact) mass is 354 g/mol. The Balaban J connectivity index is 1.43. The first-order valence-corrected chi connectivity index (χ1v) is 10.5. The van der Waals surface area contributed by atoms with Gasteiger partial charge in [-0.1, -0.05) is 32.0 Å². The van der Waals surface area contributed by atoms with Gasteiger partial charge in [0.05, 0.1) is 10.9 Å². The number of benzene rings is 1. The van der Waals surface area contributed by atoms with Gasteiger partial charge in [-0.3, -0.25) is 9.69 Å². The normalized spacial score (nSPS) is 29.5. The third-order valence-electron chi connectivity index (χ3n) is 6.69. The van der Waals surface area contributed by atoms with Crippen molar-refractivity contribution in [3.63, 3.8) is 0 Å². The molecule has 1 N–H and O–H groups in total. The minimum absolute atomic E-state index is 0.140. The molecule has 6 rings (SSSR count). The lowest BCUT2D eigenvalue weighted by Crippen LogP contribution is -2.65. The average Bonchev–Trinajstić information content (AvgIpc) is 3.26. The first-order chi connectivity index (χ1) is 12.1. The van der Waals surface area contributed by atoms with Gasteiger partial charge in [0.2, 0.25) is 0 Å². The van der Waals surface area contributed by atoms with Crippen molar-refractivity contribution in [3.8, 4) is 0 Å². The van der Waals surface area contributed by atoms with Gasteiger partial charge in [-0.2, -0.15) is 0 Å². The number of carbonyl (C=O) groups is 1. The second kappa shape index (κ2) is 5.55. The maximum absolute atomic E-state index is 13.0. The molecule has 4 heterocycles. The second-order valence-corrected chi connectivity index (χ2v) is 9.46. The van der Waals surface area contributed by atoms with E-state index in [1.807, 2.05) is 0 Å². The Kier molecular flexibility index (Phi) is 3.52. The van der Waals surface area contributed by atoms with Crippen molar-refractivity contribution in [3.05, 3.63) is 34.7 Å². The van der Waals surface area contributed by atoms with E-state index in [1.54, 1.807) is 11.3 Å². The van der Waals surface area contributed by atoms with E-state index in [1.165, 1.54) is 54.4 Å². The van der Waals surface area contributed by atoms with Gasteiger partial charge in [0, 0.05) is 10.2 Å². The van der Waals surface area contributed by atoms with E-state index in [0.29, 0.717) is 23.4 Å². The van der Waals surface area contributed by atoms with Crippen LogP contribution in [0.15, 0.2) is 24.3 Å². The molecular formula is C21H26N2OS. The zero-order chi connectivity index (χ0) is 17.2. The van der Waals surface area contributed by atoms with Crippen LogP contribution in [-0.4, -0.2) is 35.5 Å². The number of carbonyl (C=O) groups excluding carboxylic acids is 1. The SMILES string of the molecule is CC(C)c1cccc2cc(C(=O)N[C@H]3C4CCN(CC4)C34CC4)sc12. The Labute approximate surface area is 153 Å². The molecule has 4 aliphatic rings. The molecule has 25 heavy (non-hydrogen) atoms. The summed E-state index contributed by atoms with van der Waals surface area (Å²) in [6, 6.07) is 8.88. The van der Waals surface area contributed by atoms with E-state index in [0.717, 1.165) is 4.88 Å². The van der Waals surface area contributed by atoms with Crippen molar-refractivity contribution < 1.29 is 4.79 Å². The van der Waals surface area contributed by atoms with Crippen molar-refractivity contribution in [2.45, 2.75) is 57.0 Å². The maximum atomic E-state index is 13.0. The topological polar surface area (TPSA) is 32.3 Å². The van der Waals surface area contributed by atoms with Crippen LogP contribution in [0.1, 0.15) is 60.7 Å². The van der Waals surface area contributed by atoms with E-state index in [2.05, 4.69) is 48.3 Å². The third-order valence-corrected chi connectivity index (χ3v) is 7.89. The fraction of sp³-hybridized carbons (Fsp3) is 0.571. The van der Waals surface area contributed by atoms with E-state index in [-0.39, 0.29) is 5.91 Å². The smallest absolute Gasteiger partial charge is 0.261 e. The fourth-order valence-corrected chi connectivity index (χ4v) is 6.41. The quantitative estimate of drug-likeness (QED) is 0.887. The Morgan fingerprint density at radius 2 is 2.04 bits per heavy atom. The summed E-state index contributed by atoms with van der Waals surface area (Å²) in [4.78, 5) is 16.6. The number of amides is 1. The molecule has 3 nitrogen and oxygen atoms in total. The van der Waals surface area contributed by atoms with Crippen molar-refractivity contribution in [1.29, 1.82) is 0 Å². The molecule has 3 aliphatic heterocycles. The molecule has 0 unspecified atom stereocenters. The number of rotatable bonds is 3. The predicted molar refractivity (Wildman–Crippen MR) is 103 cm³/mol. The molecular weight excluding hydrogens is 328 g/mol. The number of hydrogen-bond donors (Lipinski definition) is 1. The molecule has 1 saturated carbocycles. The van der Waals surface area contributed by atoms with Crippen LogP contribution in [0.4, 0.5) is 0 Å². The molecule has 1 aromatic heterocycles. The standard InChI is InChI=1S/C21H26N2OS/c1-13(2)16-5-3-4-15-12-17(25-18(15)16)20(24)22-19-14-6-10-23(11-7-14)21(19)8-9-21/h3-5,12-14,19H,6-11H2,1-2H3,(H,22,24)/t19-/m0/s1. The van der Waals surface area contributed by atoms with Crippen LogP contribution in [-0.2, 0) is 0 Å². The number of nitrogens with one attached hydrogen (secondary N) is 1. The average molecular weight is 355 g/mol. The summed E-state index contributed by atoms with van der Waals surface area (Å²) in [5.41, 5.74) is 1.65. The van der Waals surface area contributed by atoms with Crippen molar-refractivity contribution in [1.82, 2.24) is 10.2 Å². The van der Waals surface area contributed by atoms with Crippen LogP contribution in [0.3, 0.4) is 0 Å². The van der Waals surface area contributed by atoms with Crippen molar-refractivity contribution >= 4 is 27.3 Å². The number of nitrogens with zero attached hydrogens (tertiary/aromatic N) is 1. The molecule has 2 aromatic rings. The summed E-state index contributed by atoms with van der Waals surface area (Å²) >= 11 is 1.66. The van der Waals surface area contributed by atoms with Crippen molar-refractivity contribution in [2.24, 2.45) is 5.92 Å². The highest BCUT2D eigenvalue weighted by Gasteiger charge is 2.60. The van der Waals surface area contributed by atoms with E-state index < -0.39 is 0 Å². The first-order valence-electron chi connectivity index (χ1n) is 9.67. The largest absolute Gasteiger partial charge is 0.346 e. The highest BCUT2D eigenvalue weighted by Crippen LogP contribution is 2.53. The molecule has 0 radical (unpaired) electrons. The molecule has 1 amide bonds. The van der Waals surface area contributed by atoms with Gasteiger partial charge >= 0.3 is 0 Å². The number of hydrogen-bond acceptors (Lipinski definition) is 3. The molecule has 2 bridgehead atoms. The fourth-order valence-electron chi connectivity index (χ4n) is 5.19. The Morgan fingerprint density at radius 1 is 1.28 bits per heavy atom. The Bertz CT molecular complexity index is 828.